The lowest BCUT2D eigenvalue weighted by molar-refractivity contribution is 0.335. The molecule has 3 nitrogen and oxygen atoms in total. The fraction of sp³-hybridized carbons (Fsp3) is 0.667. The molecule has 1 atom stereocenters. The molecule has 2 heterocycles. The molecule has 0 aromatic carbocycles. The number of aromatic nitrogens is 2. The summed E-state index contributed by atoms with van der Waals surface area (Å²) in [6.45, 7) is 5.71. The molecule has 0 saturated carbocycles. The topological polar surface area (TPSA) is 21.1 Å². The molecule has 0 amide bonds. The maximum atomic E-state index is 4.31. The molecule has 1 aliphatic rings. The normalized spacial score (nSPS) is 24.0. The Labute approximate surface area is 86.8 Å². The van der Waals surface area contributed by atoms with Gasteiger partial charge in [0, 0.05) is 19.3 Å². The summed E-state index contributed by atoms with van der Waals surface area (Å²) in [7, 11) is 0. The average molecular weight is 244 g/mol. The summed E-state index contributed by atoms with van der Waals surface area (Å²) in [5.74, 6) is 0. The molecule has 0 radical (unpaired) electrons. The van der Waals surface area contributed by atoms with Gasteiger partial charge in [0.1, 0.15) is 0 Å². The third-order valence-corrected chi connectivity index (χ3v) is 3.05. The summed E-state index contributed by atoms with van der Waals surface area (Å²) in [6, 6.07) is 0.575. The smallest absolute Gasteiger partial charge is 0.0658 e. The van der Waals surface area contributed by atoms with E-state index in [9.17, 15) is 0 Å². The molecule has 1 unspecified atom stereocenters. The lowest BCUT2D eigenvalue weighted by Crippen LogP contribution is -2.21. The monoisotopic (exact) mass is 243 g/mol. The van der Waals surface area contributed by atoms with Gasteiger partial charge in [-0.3, -0.25) is 4.68 Å². The molecule has 4 heteroatoms. The van der Waals surface area contributed by atoms with E-state index < -0.39 is 0 Å². The Balaban J connectivity index is 2.03. The number of hydrogen-bond donors (Lipinski definition) is 0. The number of halogens is 1. The van der Waals surface area contributed by atoms with E-state index in [0.717, 1.165) is 17.6 Å². The lowest BCUT2D eigenvalue weighted by Gasteiger charge is -2.12. The standard InChI is InChI=1S/C9H14BrN3/c1-2-12-4-3-9(7-12)13-6-8(10)5-11-13/h5-6,9H,2-4,7H2,1H3. The molecular weight excluding hydrogens is 230 g/mol. The maximum absolute atomic E-state index is 4.31. The van der Waals surface area contributed by atoms with Gasteiger partial charge in [0.05, 0.1) is 16.7 Å². The third kappa shape index (κ3) is 1.94. The van der Waals surface area contributed by atoms with Crippen molar-refractivity contribution in [2.24, 2.45) is 0 Å². The van der Waals surface area contributed by atoms with Crippen molar-refractivity contribution in [2.45, 2.75) is 19.4 Å². The molecule has 1 fully saturated rings. The number of likely N-dealkylation sites (tertiary alicyclic amines) is 1. The van der Waals surface area contributed by atoms with E-state index in [0.29, 0.717) is 6.04 Å². The van der Waals surface area contributed by atoms with Crippen molar-refractivity contribution in [3.05, 3.63) is 16.9 Å². The second kappa shape index (κ2) is 3.80. The van der Waals surface area contributed by atoms with Crippen LogP contribution in [-0.4, -0.2) is 34.3 Å². The Hall–Kier alpha value is -0.350. The van der Waals surface area contributed by atoms with Crippen LogP contribution in [0.2, 0.25) is 0 Å². The van der Waals surface area contributed by atoms with Crippen molar-refractivity contribution in [1.29, 1.82) is 0 Å². The highest BCUT2D eigenvalue weighted by molar-refractivity contribution is 9.10. The van der Waals surface area contributed by atoms with Gasteiger partial charge in [0.2, 0.25) is 0 Å². The van der Waals surface area contributed by atoms with Gasteiger partial charge in [-0.2, -0.15) is 5.10 Å². The van der Waals surface area contributed by atoms with E-state index in [1.165, 1.54) is 13.0 Å². The Kier molecular flexibility index (Phi) is 2.69. The van der Waals surface area contributed by atoms with Gasteiger partial charge < -0.3 is 4.90 Å². The number of rotatable bonds is 2. The van der Waals surface area contributed by atoms with Crippen LogP contribution in [0.1, 0.15) is 19.4 Å². The van der Waals surface area contributed by atoms with Gasteiger partial charge in [-0.15, -0.1) is 0 Å². The predicted octanol–water partition coefficient (Wildman–Crippen LogP) is 1.91. The Morgan fingerprint density at radius 3 is 3.08 bits per heavy atom. The fourth-order valence-electron chi connectivity index (χ4n) is 1.83. The largest absolute Gasteiger partial charge is 0.301 e. The van der Waals surface area contributed by atoms with Crippen LogP contribution in [0.15, 0.2) is 16.9 Å². The fourth-order valence-corrected chi connectivity index (χ4v) is 2.13. The molecule has 0 aliphatic carbocycles. The molecule has 1 aromatic rings. The zero-order chi connectivity index (χ0) is 9.26. The molecule has 1 saturated heterocycles. The van der Waals surface area contributed by atoms with Crippen molar-refractivity contribution >= 4 is 15.9 Å². The molecular formula is C9H14BrN3. The Morgan fingerprint density at radius 2 is 2.54 bits per heavy atom. The van der Waals surface area contributed by atoms with E-state index in [1.807, 2.05) is 6.20 Å². The Bertz CT molecular complexity index is 284. The van der Waals surface area contributed by atoms with Crippen LogP contribution in [-0.2, 0) is 0 Å². The van der Waals surface area contributed by atoms with E-state index in [4.69, 9.17) is 0 Å². The number of likely N-dealkylation sites (N-methyl/N-ethyl adjacent to an activating group) is 1. The number of hydrogen-bond acceptors (Lipinski definition) is 2. The van der Waals surface area contributed by atoms with Crippen LogP contribution in [0.25, 0.3) is 0 Å². The highest BCUT2D eigenvalue weighted by atomic mass is 79.9. The molecule has 1 aliphatic heterocycles. The number of nitrogens with zero attached hydrogens (tertiary/aromatic N) is 3. The molecule has 72 valence electrons. The maximum Gasteiger partial charge on any atom is 0.0658 e. The molecule has 0 spiro atoms. The van der Waals surface area contributed by atoms with Crippen LogP contribution < -0.4 is 0 Å². The summed E-state index contributed by atoms with van der Waals surface area (Å²) in [4.78, 5) is 2.46. The minimum absolute atomic E-state index is 0.575. The summed E-state index contributed by atoms with van der Waals surface area (Å²) in [5.41, 5.74) is 0. The summed E-state index contributed by atoms with van der Waals surface area (Å²) >= 11 is 3.41. The third-order valence-electron chi connectivity index (χ3n) is 2.64. The summed E-state index contributed by atoms with van der Waals surface area (Å²) in [6.07, 6.45) is 5.14. The quantitative estimate of drug-likeness (QED) is 0.792. The summed E-state index contributed by atoms with van der Waals surface area (Å²) in [5, 5.41) is 4.31. The average Bonchev–Trinajstić information content (AvgIpc) is 2.71. The second-order valence-corrected chi connectivity index (χ2v) is 4.39. The van der Waals surface area contributed by atoms with Crippen molar-refractivity contribution in [3.63, 3.8) is 0 Å². The van der Waals surface area contributed by atoms with Crippen molar-refractivity contribution in [1.82, 2.24) is 14.7 Å². The van der Waals surface area contributed by atoms with E-state index in [1.54, 1.807) is 0 Å². The molecule has 0 N–H and O–H groups in total. The first-order valence-electron chi connectivity index (χ1n) is 4.71. The second-order valence-electron chi connectivity index (χ2n) is 3.47. The van der Waals surface area contributed by atoms with Crippen molar-refractivity contribution < 1.29 is 0 Å². The SMILES string of the molecule is CCN1CCC(n2cc(Br)cn2)C1. The molecule has 2 rings (SSSR count). The first kappa shape index (κ1) is 9.21. The minimum Gasteiger partial charge on any atom is -0.301 e. The van der Waals surface area contributed by atoms with Gasteiger partial charge >= 0.3 is 0 Å². The van der Waals surface area contributed by atoms with Crippen LogP contribution in [0.4, 0.5) is 0 Å². The summed E-state index contributed by atoms with van der Waals surface area (Å²) < 4.78 is 3.14. The van der Waals surface area contributed by atoms with Crippen molar-refractivity contribution in [2.75, 3.05) is 19.6 Å². The van der Waals surface area contributed by atoms with Gasteiger partial charge in [0.25, 0.3) is 0 Å². The van der Waals surface area contributed by atoms with Gasteiger partial charge in [0.15, 0.2) is 0 Å². The van der Waals surface area contributed by atoms with E-state index in [2.05, 4.69) is 43.7 Å². The Morgan fingerprint density at radius 1 is 1.69 bits per heavy atom. The zero-order valence-electron chi connectivity index (χ0n) is 7.78. The van der Waals surface area contributed by atoms with E-state index >= 15 is 0 Å². The van der Waals surface area contributed by atoms with Crippen LogP contribution >= 0.6 is 15.9 Å². The molecule has 0 bridgehead atoms. The van der Waals surface area contributed by atoms with Gasteiger partial charge in [-0.25, -0.2) is 0 Å². The van der Waals surface area contributed by atoms with E-state index in [-0.39, 0.29) is 0 Å². The van der Waals surface area contributed by atoms with Gasteiger partial charge in [-0.1, -0.05) is 6.92 Å². The highest BCUT2D eigenvalue weighted by Gasteiger charge is 2.22. The molecule has 13 heavy (non-hydrogen) atoms. The van der Waals surface area contributed by atoms with Crippen LogP contribution in [0.3, 0.4) is 0 Å². The highest BCUT2D eigenvalue weighted by Crippen LogP contribution is 2.21. The van der Waals surface area contributed by atoms with Gasteiger partial charge in [-0.05, 0) is 28.9 Å². The first-order chi connectivity index (χ1) is 6.29. The first-order valence-corrected chi connectivity index (χ1v) is 5.51. The zero-order valence-corrected chi connectivity index (χ0v) is 9.37. The van der Waals surface area contributed by atoms with Crippen LogP contribution in [0, 0.1) is 0 Å². The predicted molar refractivity (Wildman–Crippen MR) is 55.7 cm³/mol. The van der Waals surface area contributed by atoms with Crippen molar-refractivity contribution in [3.8, 4) is 0 Å². The minimum atomic E-state index is 0.575. The lowest BCUT2D eigenvalue weighted by atomic mass is 10.3. The van der Waals surface area contributed by atoms with Crippen LogP contribution in [0.5, 0.6) is 0 Å². The molecule has 1 aromatic heterocycles.